The predicted octanol–water partition coefficient (Wildman–Crippen LogP) is -1.04. The van der Waals surface area contributed by atoms with Crippen LogP contribution in [0.15, 0.2) is 36.4 Å². The molecule has 5 aliphatic heterocycles. The first-order valence-electron chi connectivity index (χ1n) is 16.2. The Hall–Kier alpha value is -3.55. The molecule has 7 rings (SSSR count). The summed E-state index contributed by atoms with van der Waals surface area (Å²) < 4.78 is 51.5. The van der Waals surface area contributed by atoms with Gasteiger partial charge in [-0.1, -0.05) is 6.58 Å². The maximum Gasteiger partial charge on any atom is 0.187 e. The molecule has 5 heterocycles. The third-order valence-electron chi connectivity index (χ3n) is 9.76. The number of carbonyl (C=O) groups is 1. The first-order valence-corrected chi connectivity index (χ1v) is 16.2. The predicted molar refractivity (Wildman–Crippen MR) is 167 cm³/mol. The lowest BCUT2D eigenvalue weighted by molar-refractivity contribution is -0.319. The summed E-state index contributed by atoms with van der Waals surface area (Å²) >= 11 is 0. The van der Waals surface area contributed by atoms with Crippen LogP contribution in [0.4, 0.5) is 0 Å². The van der Waals surface area contributed by atoms with Gasteiger partial charge in [-0.3, -0.25) is 4.79 Å². The van der Waals surface area contributed by atoms with Crippen molar-refractivity contribution in [3.05, 3.63) is 53.1 Å². The van der Waals surface area contributed by atoms with E-state index >= 15 is 0 Å². The molecule has 0 radical (unpaired) electrons. The quantitative estimate of drug-likeness (QED) is 0.172. The molecule has 2 fully saturated rings. The summed E-state index contributed by atoms with van der Waals surface area (Å²) in [6.45, 7) is 3.35. The standard InChI is InChI=1S/C34H40O16/c1-13(9-45-34-31(41)29(39)28(38)24(50-34)12-47-33-30(40)27(37)17(35)10-46-33)19-7-16-18(48-19)5-4-14-26(36)25-15-6-21(42-2)22(43-3)8-20(15)44-11-23(25)49-32(14)16/h4-6,8,17,19,23-25,27-31,33-35,37-41H,1,7,9-12H2,2-3H3/t17-,19-,23-,24+,25+,27-,28-,29-,30-,31-,33-,34+/m1/s1. The third kappa shape index (κ3) is 6.08. The highest BCUT2D eigenvalue weighted by Crippen LogP contribution is 2.50. The van der Waals surface area contributed by atoms with Crippen molar-refractivity contribution < 1.29 is 78.1 Å². The Labute approximate surface area is 286 Å². The maximum atomic E-state index is 13.9. The SMILES string of the molecule is C=C(CO[C@H]1O[C@@H](CO[C@H]2OC[C@@H](O)[C@@H](O)[C@H]2O)[C@@H](O)[C@@H](O)[C@H]1O)[C@H]1Cc2c(ccc3c2O[C@@H]2COc4cc(OC)c(OC)cc4[C@@H]2C3=O)O1. The highest BCUT2D eigenvalue weighted by molar-refractivity contribution is 6.06. The lowest BCUT2D eigenvalue weighted by atomic mass is 9.81. The van der Waals surface area contributed by atoms with Gasteiger partial charge in [-0.2, -0.15) is 0 Å². The molecule has 2 saturated heterocycles. The molecule has 16 nitrogen and oxygen atoms in total. The second-order valence-electron chi connectivity index (χ2n) is 12.9. The second-order valence-corrected chi connectivity index (χ2v) is 12.9. The van der Waals surface area contributed by atoms with E-state index < -0.39 is 80.0 Å². The van der Waals surface area contributed by atoms with Crippen LogP contribution >= 0.6 is 0 Å². The molecule has 5 aliphatic rings. The number of aliphatic hydroxyl groups is 6. The molecule has 0 amide bonds. The Morgan fingerprint density at radius 3 is 2.36 bits per heavy atom. The zero-order chi connectivity index (χ0) is 35.4. The number of ether oxygens (including phenoxy) is 9. The molecule has 2 aromatic carbocycles. The number of hydrogen-bond acceptors (Lipinski definition) is 16. The van der Waals surface area contributed by atoms with Gasteiger partial charge in [-0.05, 0) is 23.8 Å². The van der Waals surface area contributed by atoms with Crippen LogP contribution in [0.2, 0.25) is 0 Å². The van der Waals surface area contributed by atoms with E-state index in [4.69, 9.17) is 42.6 Å². The van der Waals surface area contributed by atoms with Gasteiger partial charge in [0.1, 0.15) is 78.8 Å². The van der Waals surface area contributed by atoms with E-state index in [0.29, 0.717) is 57.4 Å². The van der Waals surface area contributed by atoms with E-state index in [1.54, 1.807) is 24.3 Å². The number of hydrogen-bond donors (Lipinski definition) is 6. The lowest BCUT2D eigenvalue weighted by Crippen LogP contribution is -2.60. The Balaban J connectivity index is 0.993. The van der Waals surface area contributed by atoms with Gasteiger partial charge in [0.05, 0.1) is 45.5 Å². The average Bonchev–Trinajstić information content (AvgIpc) is 3.57. The van der Waals surface area contributed by atoms with E-state index in [2.05, 4.69) is 6.58 Å². The van der Waals surface area contributed by atoms with Crippen LogP contribution < -0.4 is 23.7 Å². The first-order chi connectivity index (χ1) is 24.0. The van der Waals surface area contributed by atoms with Gasteiger partial charge in [0.15, 0.2) is 29.9 Å². The molecule has 50 heavy (non-hydrogen) atoms. The number of Topliss-reactive ketones (excluding diaryl/α,β-unsaturated/α-hetero) is 1. The van der Waals surface area contributed by atoms with Crippen molar-refractivity contribution in [3.63, 3.8) is 0 Å². The smallest absolute Gasteiger partial charge is 0.187 e. The number of fused-ring (bicyclic) bond motifs is 6. The van der Waals surface area contributed by atoms with Crippen LogP contribution in [0, 0.1) is 0 Å². The number of rotatable bonds is 9. The maximum absolute atomic E-state index is 13.9. The number of aliphatic hydroxyl groups excluding tert-OH is 6. The van der Waals surface area contributed by atoms with Crippen LogP contribution in [0.1, 0.15) is 27.4 Å². The number of methoxy groups -OCH3 is 2. The molecule has 0 bridgehead atoms. The van der Waals surface area contributed by atoms with Crippen molar-refractivity contribution in [2.45, 2.75) is 79.9 Å². The minimum Gasteiger partial charge on any atom is -0.493 e. The summed E-state index contributed by atoms with van der Waals surface area (Å²) in [5.74, 6) is 1.67. The number of ketones is 1. The summed E-state index contributed by atoms with van der Waals surface area (Å²) in [6.07, 6.45) is -14.1. The largest absolute Gasteiger partial charge is 0.493 e. The van der Waals surface area contributed by atoms with Crippen molar-refractivity contribution in [2.75, 3.05) is 40.6 Å². The summed E-state index contributed by atoms with van der Waals surface area (Å²) in [6, 6.07) is 6.82. The molecule has 16 heteroatoms. The molecule has 6 N–H and O–H groups in total. The van der Waals surface area contributed by atoms with Gasteiger partial charge in [-0.15, -0.1) is 0 Å². The Morgan fingerprint density at radius 2 is 1.60 bits per heavy atom. The van der Waals surface area contributed by atoms with Crippen LogP contribution in [-0.4, -0.2) is 145 Å². The molecular formula is C34H40O16. The average molecular weight is 705 g/mol. The van der Waals surface area contributed by atoms with Gasteiger partial charge < -0.3 is 73.3 Å². The summed E-state index contributed by atoms with van der Waals surface area (Å²) in [5.41, 5.74) is 2.20. The summed E-state index contributed by atoms with van der Waals surface area (Å²) in [5, 5.41) is 61.2. The van der Waals surface area contributed by atoms with Crippen LogP contribution in [0.3, 0.4) is 0 Å². The zero-order valence-corrected chi connectivity index (χ0v) is 27.2. The van der Waals surface area contributed by atoms with Gasteiger partial charge in [-0.25, -0.2) is 0 Å². The van der Waals surface area contributed by atoms with Crippen LogP contribution in [-0.2, 0) is 25.4 Å². The minimum absolute atomic E-state index is 0.123. The van der Waals surface area contributed by atoms with Crippen LogP contribution in [0.5, 0.6) is 28.7 Å². The fraction of sp³-hybridized carbons (Fsp3) is 0.559. The summed E-state index contributed by atoms with van der Waals surface area (Å²) in [4.78, 5) is 13.9. The highest BCUT2D eigenvalue weighted by atomic mass is 16.7. The first kappa shape index (κ1) is 34.9. The topological polar surface area (TPSA) is 222 Å². The molecule has 0 aromatic heterocycles. The van der Waals surface area contributed by atoms with Gasteiger partial charge in [0, 0.05) is 23.6 Å². The van der Waals surface area contributed by atoms with Gasteiger partial charge >= 0.3 is 0 Å². The molecule has 12 atom stereocenters. The molecular weight excluding hydrogens is 664 g/mol. The van der Waals surface area contributed by atoms with Crippen molar-refractivity contribution in [3.8, 4) is 28.7 Å². The van der Waals surface area contributed by atoms with E-state index in [9.17, 15) is 35.4 Å². The normalized spacial score (nSPS) is 35.7. The van der Waals surface area contributed by atoms with Crippen molar-refractivity contribution in [1.82, 2.24) is 0 Å². The third-order valence-corrected chi connectivity index (χ3v) is 9.76. The van der Waals surface area contributed by atoms with E-state index in [-0.39, 0.29) is 25.6 Å². The number of benzene rings is 2. The van der Waals surface area contributed by atoms with E-state index in [0.717, 1.165) is 0 Å². The lowest BCUT2D eigenvalue weighted by Gasteiger charge is -2.41. The van der Waals surface area contributed by atoms with Crippen molar-refractivity contribution in [2.24, 2.45) is 0 Å². The molecule has 0 spiro atoms. The van der Waals surface area contributed by atoms with Crippen LogP contribution in [0.25, 0.3) is 0 Å². The number of carbonyl (C=O) groups excluding carboxylic acids is 1. The fourth-order valence-electron chi connectivity index (χ4n) is 6.88. The molecule has 0 saturated carbocycles. The molecule has 0 unspecified atom stereocenters. The van der Waals surface area contributed by atoms with E-state index in [1.807, 2.05) is 0 Å². The van der Waals surface area contributed by atoms with Gasteiger partial charge in [0.25, 0.3) is 0 Å². The Bertz CT molecular complexity index is 1610. The van der Waals surface area contributed by atoms with E-state index in [1.165, 1.54) is 14.2 Å². The Morgan fingerprint density at radius 1 is 0.860 bits per heavy atom. The fourth-order valence-corrected chi connectivity index (χ4v) is 6.88. The minimum atomic E-state index is -1.67. The second kappa shape index (κ2) is 13.9. The Kier molecular flexibility index (Phi) is 9.68. The highest BCUT2D eigenvalue weighted by Gasteiger charge is 2.48. The zero-order valence-electron chi connectivity index (χ0n) is 27.2. The van der Waals surface area contributed by atoms with Gasteiger partial charge in [0.2, 0.25) is 0 Å². The summed E-state index contributed by atoms with van der Waals surface area (Å²) in [7, 11) is 3.04. The monoisotopic (exact) mass is 704 g/mol. The molecule has 2 aromatic rings. The van der Waals surface area contributed by atoms with Crippen molar-refractivity contribution in [1.29, 1.82) is 0 Å². The molecule has 272 valence electrons. The molecule has 0 aliphatic carbocycles. The van der Waals surface area contributed by atoms with Crippen molar-refractivity contribution >= 4 is 5.78 Å².